The molecule has 1 heterocycles. The predicted octanol–water partition coefficient (Wildman–Crippen LogP) is 3.84. The third-order valence-electron chi connectivity index (χ3n) is 3.47. The van der Waals surface area contributed by atoms with E-state index in [1.807, 2.05) is 24.8 Å². The highest BCUT2D eigenvalue weighted by Gasteiger charge is 2.30. The molecule has 0 saturated carbocycles. The number of nitrogens with one attached hydrogen (secondary N) is 1. The fraction of sp³-hybridized carbons (Fsp3) is 0.353. The molecule has 2 aromatic rings. The average Bonchev–Trinajstić information content (AvgIpc) is 2.78. The van der Waals surface area contributed by atoms with Gasteiger partial charge in [0.1, 0.15) is 5.75 Å². The van der Waals surface area contributed by atoms with E-state index in [1.165, 1.54) is 12.1 Å². The minimum Gasteiger partial charge on any atom is -0.406 e. The van der Waals surface area contributed by atoms with Crippen LogP contribution in [-0.4, -0.2) is 35.6 Å². The number of ether oxygens (including phenoxy) is 1. The second-order valence-electron chi connectivity index (χ2n) is 5.78. The number of aromatic amines is 1. The molecule has 0 aliphatic rings. The molecular formula is C17H19F3N2O2. The summed E-state index contributed by atoms with van der Waals surface area (Å²) in [6, 6.07) is 7.44. The maximum Gasteiger partial charge on any atom is 0.573 e. The number of carbonyl (C=O) groups is 1. The van der Waals surface area contributed by atoms with Gasteiger partial charge in [-0.25, -0.2) is 0 Å². The molecule has 130 valence electrons. The Labute approximate surface area is 138 Å². The summed E-state index contributed by atoms with van der Waals surface area (Å²) in [6.07, 6.45) is -4.70. The van der Waals surface area contributed by atoms with Gasteiger partial charge in [-0.1, -0.05) is 12.1 Å². The van der Waals surface area contributed by atoms with Crippen molar-refractivity contribution in [3.05, 3.63) is 52.8 Å². The summed E-state index contributed by atoms with van der Waals surface area (Å²) in [5.41, 5.74) is 3.22. The molecule has 0 aliphatic carbocycles. The van der Waals surface area contributed by atoms with E-state index >= 15 is 0 Å². The third kappa shape index (κ3) is 5.13. The van der Waals surface area contributed by atoms with Gasteiger partial charge in [0.05, 0.1) is 6.54 Å². The van der Waals surface area contributed by atoms with E-state index in [0.717, 1.165) is 17.0 Å². The summed E-state index contributed by atoms with van der Waals surface area (Å²) >= 11 is 0. The number of nitrogens with zero attached hydrogens (tertiary/aromatic N) is 1. The van der Waals surface area contributed by atoms with E-state index in [1.54, 1.807) is 19.2 Å². The quantitative estimate of drug-likeness (QED) is 0.813. The third-order valence-corrected chi connectivity index (χ3v) is 3.47. The number of carbonyl (C=O) groups excluding carboxylic acids is 1. The zero-order valence-corrected chi connectivity index (χ0v) is 13.7. The number of aromatic nitrogens is 1. The van der Waals surface area contributed by atoms with Gasteiger partial charge >= 0.3 is 6.36 Å². The number of hydrogen-bond acceptors (Lipinski definition) is 3. The number of Topliss-reactive ketones (excluding diaryl/α,β-unsaturated/α-hetero) is 1. The monoisotopic (exact) mass is 340 g/mol. The molecule has 4 nitrogen and oxygen atoms in total. The molecule has 24 heavy (non-hydrogen) atoms. The van der Waals surface area contributed by atoms with E-state index in [4.69, 9.17) is 0 Å². The number of benzene rings is 1. The topological polar surface area (TPSA) is 45.3 Å². The summed E-state index contributed by atoms with van der Waals surface area (Å²) in [6.45, 7) is 4.40. The Balaban J connectivity index is 1.93. The van der Waals surface area contributed by atoms with E-state index in [2.05, 4.69) is 9.72 Å². The van der Waals surface area contributed by atoms with Crippen LogP contribution >= 0.6 is 0 Å². The van der Waals surface area contributed by atoms with Crippen molar-refractivity contribution < 1.29 is 22.7 Å². The van der Waals surface area contributed by atoms with Crippen molar-refractivity contribution in [3.8, 4) is 5.75 Å². The van der Waals surface area contributed by atoms with E-state index in [9.17, 15) is 18.0 Å². The van der Waals surface area contributed by atoms with Crippen LogP contribution in [0.15, 0.2) is 30.3 Å². The first-order chi connectivity index (χ1) is 11.1. The Morgan fingerprint density at radius 3 is 2.33 bits per heavy atom. The molecule has 0 unspecified atom stereocenters. The Hall–Kier alpha value is -2.28. The van der Waals surface area contributed by atoms with Gasteiger partial charge in [-0.2, -0.15) is 0 Å². The van der Waals surface area contributed by atoms with Crippen LogP contribution in [0.1, 0.15) is 27.3 Å². The number of alkyl halides is 3. The van der Waals surface area contributed by atoms with Crippen molar-refractivity contribution in [1.29, 1.82) is 0 Å². The molecule has 7 heteroatoms. The molecule has 0 radical (unpaired) electrons. The van der Waals surface area contributed by atoms with Gasteiger partial charge in [0.2, 0.25) is 0 Å². The highest BCUT2D eigenvalue weighted by Crippen LogP contribution is 2.23. The fourth-order valence-electron chi connectivity index (χ4n) is 2.51. The molecule has 2 rings (SSSR count). The second-order valence-corrected chi connectivity index (χ2v) is 5.78. The van der Waals surface area contributed by atoms with Crippen molar-refractivity contribution in [3.63, 3.8) is 0 Å². The van der Waals surface area contributed by atoms with Crippen LogP contribution in [0.3, 0.4) is 0 Å². The van der Waals surface area contributed by atoms with Gasteiger partial charge in [-0.3, -0.25) is 9.69 Å². The number of likely N-dealkylation sites (N-methyl/N-ethyl adjacent to an activating group) is 1. The zero-order valence-electron chi connectivity index (χ0n) is 13.7. The Morgan fingerprint density at radius 1 is 1.21 bits per heavy atom. The molecule has 1 aromatic carbocycles. The molecule has 1 aromatic heterocycles. The Morgan fingerprint density at radius 2 is 1.83 bits per heavy atom. The van der Waals surface area contributed by atoms with Crippen LogP contribution in [-0.2, 0) is 6.54 Å². The minimum atomic E-state index is -4.70. The Kier molecular flexibility index (Phi) is 5.33. The number of hydrogen-bond donors (Lipinski definition) is 1. The van der Waals surface area contributed by atoms with Crippen molar-refractivity contribution in [2.24, 2.45) is 0 Å². The maximum absolute atomic E-state index is 12.3. The molecular weight excluding hydrogens is 321 g/mol. The SMILES string of the molecule is Cc1cc(C(=O)CN(C)Cc2ccc(OC(F)(F)F)cc2)c(C)[nH]1. The first kappa shape index (κ1) is 18.1. The molecule has 0 atom stereocenters. The van der Waals surface area contributed by atoms with Crippen LogP contribution < -0.4 is 4.74 Å². The van der Waals surface area contributed by atoms with Crippen LogP contribution in [0, 0.1) is 13.8 Å². The average molecular weight is 340 g/mol. The van der Waals surface area contributed by atoms with Crippen LogP contribution in [0.2, 0.25) is 0 Å². The standard InChI is InChI=1S/C17H19F3N2O2/c1-11-8-15(12(2)21-11)16(23)10-22(3)9-13-4-6-14(7-5-13)24-17(18,19)20/h4-8,21H,9-10H2,1-3H3. The van der Waals surface area contributed by atoms with E-state index in [-0.39, 0.29) is 18.1 Å². The number of aryl methyl sites for hydroxylation is 2. The summed E-state index contributed by atoms with van der Waals surface area (Å²) in [7, 11) is 1.78. The van der Waals surface area contributed by atoms with E-state index in [0.29, 0.717) is 12.1 Å². The van der Waals surface area contributed by atoms with Gasteiger partial charge in [-0.15, -0.1) is 13.2 Å². The van der Waals surface area contributed by atoms with Crippen molar-refractivity contribution in [2.75, 3.05) is 13.6 Å². The predicted molar refractivity (Wildman–Crippen MR) is 84.1 cm³/mol. The largest absolute Gasteiger partial charge is 0.573 e. The normalized spacial score (nSPS) is 11.8. The first-order valence-electron chi connectivity index (χ1n) is 7.36. The number of halogens is 3. The van der Waals surface area contributed by atoms with E-state index < -0.39 is 6.36 Å². The lowest BCUT2D eigenvalue weighted by molar-refractivity contribution is -0.274. The highest BCUT2D eigenvalue weighted by atomic mass is 19.4. The smallest absolute Gasteiger partial charge is 0.406 e. The second kappa shape index (κ2) is 7.09. The summed E-state index contributed by atoms with van der Waals surface area (Å²) in [5, 5.41) is 0. The molecule has 0 amide bonds. The lowest BCUT2D eigenvalue weighted by atomic mass is 10.1. The van der Waals surface area contributed by atoms with Gasteiger partial charge in [0.15, 0.2) is 5.78 Å². The van der Waals surface area contributed by atoms with Gasteiger partial charge in [0, 0.05) is 23.5 Å². The summed E-state index contributed by atoms with van der Waals surface area (Å²) in [4.78, 5) is 17.2. The van der Waals surface area contributed by atoms with Crippen molar-refractivity contribution in [2.45, 2.75) is 26.8 Å². The number of H-pyrrole nitrogens is 1. The summed E-state index contributed by atoms with van der Waals surface area (Å²) in [5.74, 6) is -0.264. The molecule has 0 aliphatic heterocycles. The highest BCUT2D eigenvalue weighted by molar-refractivity contribution is 5.98. The van der Waals surface area contributed by atoms with Gasteiger partial charge < -0.3 is 9.72 Å². The number of rotatable bonds is 6. The van der Waals surface area contributed by atoms with Crippen LogP contribution in [0.4, 0.5) is 13.2 Å². The number of ketones is 1. The lowest BCUT2D eigenvalue weighted by Crippen LogP contribution is -2.25. The van der Waals surface area contributed by atoms with Crippen LogP contribution in [0.25, 0.3) is 0 Å². The molecule has 0 spiro atoms. The summed E-state index contributed by atoms with van der Waals surface area (Å²) < 4.78 is 40.2. The molecule has 0 fully saturated rings. The minimum absolute atomic E-state index is 0.00336. The zero-order chi connectivity index (χ0) is 17.9. The molecule has 0 saturated heterocycles. The first-order valence-corrected chi connectivity index (χ1v) is 7.36. The van der Waals surface area contributed by atoms with Crippen LogP contribution in [0.5, 0.6) is 5.75 Å². The fourth-order valence-corrected chi connectivity index (χ4v) is 2.51. The van der Waals surface area contributed by atoms with Gasteiger partial charge in [-0.05, 0) is 44.7 Å². The van der Waals surface area contributed by atoms with Gasteiger partial charge in [0.25, 0.3) is 0 Å². The maximum atomic E-state index is 12.3. The lowest BCUT2D eigenvalue weighted by Gasteiger charge is -2.16. The molecule has 0 bridgehead atoms. The van der Waals surface area contributed by atoms with Crippen molar-refractivity contribution in [1.82, 2.24) is 9.88 Å². The Bertz CT molecular complexity index is 706. The van der Waals surface area contributed by atoms with Crippen molar-refractivity contribution >= 4 is 5.78 Å². The molecule has 1 N–H and O–H groups in total.